The molecule has 2 heterocycles. The molecule has 1 aliphatic carbocycles. The maximum Gasteiger partial charge on any atom is 0.300 e. The summed E-state index contributed by atoms with van der Waals surface area (Å²) in [6.07, 6.45) is 6.66. The quantitative estimate of drug-likeness (QED) is 0.809. The van der Waals surface area contributed by atoms with E-state index in [-0.39, 0.29) is 5.91 Å². The predicted octanol–water partition coefficient (Wildman–Crippen LogP) is 2.85. The van der Waals surface area contributed by atoms with E-state index in [2.05, 4.69) is 10.4 Å². The molecular formula is C21H24N4O3. The molecule has 1 aliphatic heterocycles. The second-order valence-electron chi connectivity index (χ2n) is 7.79. The minimum atomic E-state index is -0.731. The molecular weight excluding hydrogens is 356 g/mol. The van der Waals surface area contributed by atoms with Gasteiger partial charge in [-0.2, -0.15) is 5.10 Å². The zero-order chi connectivity index (χ0) is 19.8. The standard InChI is InChI=1S/C21H24N4O3/c1-13-7-8-16-15(11-13)19(26)21(28)25(16)17(12-14-5-3-4-6-14)20(27)22-18-9-10-24(2)23-18/h7-11,14,17H,3-6,12H2,1-2H3,(H,22,23,27). The van der Waals surface area contributed by atoms with Crippen LogP contribution in [0.5, 0.6) is 0 Å². The number of carbonyl (C=O) groups excluding carboxylic acids is 3. The van der Waals surface area contributed by atoms with Crippen molar-refractivity contribution in [3.63, 3.8) is 0 Å². The number of anilines is 2. The van der Waals surface area contributed by atoms with Crippen LogP contribution in [-0.4, -0.2) is 33.4 Å². The molecule has 1 aromatic heterocycles. The highest BCUT2D eigenvalue weighted by molar-refractivity contribution is 6.53. The molecule has 0 bridgehead atoms. The van der Waals surface area contributed by atoms with E-state index in [4.69, 9.17) is 0 Å². The van der Waals surface area contributed by atoms with Crippen molar-refractivity contribution in [1.29, 1.82) is 0 Å². The molecule has 1 unspecified atom stereocenters. The van der Waals surface area contributed by atoms with Crippen LogP contribution in [0.1, 0.15) is 48.0 Å². The van der Waals surface area contributed by atoms with Crippen molar-refractivity contribution in [2.75, 3.05) is 10.2 Å². The molecule has 7 nitrogen and oxygen atoms in total. The minimum absolute atomic E-state index is 0.305. The third-order valence-corrected chi connectivity index (χ3v) is 5.68. The summed E-state index contributed by atoms with van der Waals surface area (Å²) >= 11 is 0. The van der Waals surface area contributed by atoms with Crippen LogP contribution in [0.3, 0.4) is 0 Å². The van der Waals surface area contributed by atoms with Crippen molar-refractivity contribution in [2.45, 2.75) is 45.1 Å². The molecule has 1 aromatic carbocycles. The Morgan fingerprint density at radius 1 is 1.25 bits per heavy atom. The van der Waals surface area contributed by atoms with Gasteiger partial charge in [-0.25, -0.2) is 0 Å². The van der Waals surface area contributed by atoms with E-state index in [0.717, 1.165) is 31.2 Å². The average molecular weight is 380 g/mol. The van der Waals surface area contributed by atoms with Gasteiger partial charge in [0.2, 0.25) is 5.91 Å². The third kappa shape index (κ3) is 3.32. The lowest BCUT2D eigenvalue weighted by Crippen LogP contribution is -2.48. The topological polar surface area (TPSA) is 84.3 Å². The number of fused-ring (bicyclic) bond motifs is 1. The van der Waals surface area contributed by atoms with E-state index in [0.29, 0.717) is 29.4 Å². The molecule has 2 amide bonds. The Kier molecular flexibility index (Phi) is 4.75. The second-order valence-corrected chi connectivity index (χ2v) is 7.79. The zero-order valence-electron chi connectivity index (χ0n) is 16.1. The van der Waals surface area contributed by atoms with E-state index in [1.54, 1.807) is 36.1 Å². The van der Waals surface area contributed by atoms with Gasteiger partial charge < -0.3 is 5.32 Å². The van der Waals surface area contributed by atoms with Gasteiger partial charge in [0.15, 0.2) is 5.82 Å². The van der Waals surface area contributed by atoms with Crippen molar-refractivity contribution in [1.82, 2.24) is 9.78 Å². The minimum Gasteiger partial charge on any atom is -0.307 e. The number of carbonyl (C=O) groups is 3. The van der Waals surface area contributed by atoms with E-state index < -0.39 is 17.7 Å². The third-order valence-electron chi connectivity index (χ3n) is 5.68. The van der Waals surface area contributed by atoms with Gasteiger partial charge in [0, 0.05) is 19.3 Å². The number of rotatable bonds is 5. The predicted molar refractivity (Wildman–Crippen MR) is 105 cm³/mol. The van der Waals surface area contributed by atoms with Crippen LogP contribution in [0.15, 0.2) is 30.5 Å². The first kappa shape index (κ1) is 18.4. The van der Waals surface area contributed by atoms with Crippen molar-refractivity contribution in [3.8, 4) is 0 Å². The Morgan fingerprint density at radius 3 is 2.68 bits per heavy atom. The van der Waals surface area contributed by atoms with E-state index in [1.165, 1.54) is 4.90 Å². The second kappa shape index (κ2) is 7.22. The number of nitrogens with one attached hydrogen (secondary N) is 1. The smallest absolute Gasteiger partial charge is 0.300 e. The first-order valence-corrected chi connectivity index (χ1v) is 9.73. The number of benzene rings is 1. The fourth-order valence-electron chi connectivity index (χ4n) is 4.27. The van der Waals surface area contributed by atoms with Gasteiger partial charge in [0.1, 0.15) is 6.04 Å². The number of ketones is 1. The van der Waals surface area contributed by atoms with Crippen LogP contribution in [0, 0.1) is 12.8 Å². The van der Waals surface area contributed by atoms with Crippen molar-refractivity contribution >= 4 is 29.1 Å². The summed E-state index contributed by atoms with van der Waals surface area (Å²) in [6, 6.07) is 6.33. The van der Waals surface area contributed by atoms with E-state index in [9.17, 15) is 14.4 Å². The maximum atomic E-state index is 13.2. The number of aromatic nitrogens is 2. The van der Waals surface area contributed by atoms with E-state index in [1.807, 2.05) is 13.0 Å². The molecule has 2 aliphatic rings. The largest absolute Gasteiger partial charge is 0.307 e. The molecule has 7 heteroatoms. The fourth-order valence-corrected chi connectivity index (χ4v) is 4.27. The van der Waals surface area contributed by atoms with Gasteiger partial charge in [-0.15, -0.1) is 0 Å². The summed E-state index contributed by atoms with van der Waals surface area (Å²) in [5.74, 6) is -0.663. The molecule has 2 aromatic rings. The van der Waals surface area contributed by atoms with Crippen LogP contribution in [0.25, 0.3) is 0 Å². The number of aryl methyl sites for hydroxylation is 2. The zero-order valence-corrected chi connectivity index (χ0v) is 16.1. The van der Waals surface area contributed by atoms with Crippen LogP contribution in [-0.2, 0) is 16.6 Å². The average Bonchev–Trinajstić information content (AvgIpc) is 3.37. The Morgan fingerprint density at radius 2 is 2.00 bits per heavy atom. The normalized spacial score (nSPS) is 17.9. The molecule has 1 N–H and O–H groups in total. The van der Waals surface area contributed by atoms with Crippen LogP contribution >= 0.6 is 0 Å². The van der Waals surface area contributed by atoms with Gasteiger partial charge in [0.05, 0.1) is 11.3 Å². The van der Waals surface area contributed by atoms with Crippen LogP contribution in [0.4, 0.5) is 11.5 Å². The summed E-state index contributed by atoms with van der Waals surface area (Å²) in [5, 5.41) is 7.01. The number of hydrogen-bond acceptors (Lipinski definition) is 4. The summed E-state index contributed by atoms with van der Waals surface area (Å²) in [5.41, 5.74) is 1.82. The molecule has 1 atom stereocenters. The van der Waals surface area contributed by atoms with Gasteiger partial charge in [-0.3, -0.25) is 24.0 Å². The lowest BCUT2D eigenvalue weighted by Gasteiger charge is -2.29. The Hall–Kier alpha value is -2.96. The van der Waals surface area contributed by atoms with E-state index >= 15 is 0 Å². The van der Waals surface area contributed by atoms with Crippen molar-refractivity contribution in [3.05, 3.63) is 41.6 Å². The Balaban J connectivity index is 1.67. The van der Waals surface area contributed by atoms with Gasteiger partial charge in [-0.05, 0) is 31.4 Å². The Labute approximate surface area is 163 Å². The SMILES string of the molecule is Cc1ccc2c(c1)C(=O)C(=O)N2C(CC1CCCC1)C(=O)Nc1ccn(C)n1. The Bertz CT molecular complexity index is 943. The molecule has 146 valence electrons. The monoisotopic (exact) mass is 380 g/mol. The van der Waals surface area contributed by atoms with Crippen LogP contribution in [0.2, 0.25) is 0 Å². The van der Waals surface area contributed by atoms with Gasteiger partial charge in [0.25, 0.3) is 11.7 Å². The molecule has 28 heavy (non-hydrogen) atoms. The van der Waals surface area contributed by atoms with Gasteiger partial charge in [-0.1, -0.05) is 37.3 Å². The molecule has 4 rings (SSSR count). The number of hydrogen-bond donors (Lipinski definition) is 1. The van der Waals surface area contributed by atoms with Gasteiger partial charge >= 0.3 is 0 Å². The summed E-state index contributed by atoms with van der Waals surface area (Å²) in [6.45, 7) is 1.88. The van der Waals surface area contributed by atoms with Crippen molar-refractivity contribution in [2.24, 2.45) is 13.0 Å². The first-order valence-electron chi connectivity index (χ1n) is 9.73. The lowest BCUT2D eigenvalue weighted by atomic mass is 9.96. The highest BCUT2D eigenvalue weighted by atomic mass is 16.2. The summed E-state index contributed by atoms with van der Waals surface area (Å²) in [4.78, 5) is 39.9. The fraction of sp³-hybridized carbons (Fsp3) is 0.429. The molecule has 0 saturated heterocycles. The van der Waals surface area contributed by atoms with Crippen LogP contribution < -0.4 is 10.2 Å². The lowest BCUT2D eigenvalue weighted by molar-refractivity contribution is -0.121. The highest BCUT2D eigenvalue weighted by Crippen LogP contribution is 2.36. The molecule has 1 fully saturated rings. The van der Waals surface area contributed by atoms with Crippen molar-refractivity contribution < 1.29 is 14.4 Å². The maximum absolute atomic E-state index is 13.2. The molecule has 0 spiro atoms. The number of Topliss-reactive ketones (excluding diaryl/α,β-unsaturated/α-hetero) is 1. The first-order chi connectivity index (χ1) is 13.4. The number of nitrogens with zero attached hydrogens (tertiary/aromatic N) is 3. The molecule has 1 saturated carbocycles. The summed E-state index contributed by atoms with van der Waals surface area (Å²) < 4.78 is 1.60. The molecule has 0 radical (unpaired) electrons. The number of amides is 2. The highest BCUT2D eigenvalue weighted by Gasteiger charge is 2.43. The summed E-state index contributed by atoms with van der Waals surface area (Å²) in [7, 11) is 1.77.